The summed E-state index contributed by atoms with van der Waals surface area (Å²) in [6.45, 7) is 0. The van der Waals surface area contributed by atoms with Crippen LogP contribution in [0.2, 0.25) is 0 Å². The minimum absolute atomic E-state index is 0.101. The number of rotatable bonds is 3. The lowest BCUT2D eigenvalue weighted by Gasteiger charge is -2.15. The van der Waals surface area contributed by atoms with Gasteiger partial charge in [-0.15, -0.1) is 0 Å². The number of anilines is 1. The molecule has 0 heterocycles. The van der Waals surface area contributed by atoms with Gasteiger partial charge in [0, 0.05) is 0 Å². The fourth-order valence-corrected chi connectivity index (χ4v) is 1.17. The van der Waals surface area contributed by atoms with Crippen LogP contribution >= 0.6 is 0 Å². The number of nitrogen functional groups attached to an aromatic ring is 1. The van der Waals surface area contributed by atoms with Crippen LogP contribution in [-0.4, -0.2) is 16.3 Å². The maximum absolute atomic E-state index is 12.8. The Hall–Kier alpha value is -1.64. The first-order valence-corrected chi connectivity index (χ1v) is 4.34. The third kappa shape index (κ3) is 2.65. The Balaban J connectivity index is 2.87. The predicted octanol–water partition coefficient (Wildman–Crippen LogP) is 0.716. The first-order chi connectivity index (χ1) is 7.06. The zero-order chi connectivity index (χ0) is 11.4. The maximum Gasteiger partial charge on any atom is 0.146 e. The van der Waals surface area contributed by atoms with E-state index in [0.29, 0.717) is 0 Å². The van der Waals surface area contributed by atoms with Crippen LogP contribution in [0, 0.1) is 17.1 Å². The Kier molecular flexibility index (Phi) is 3.61. The molecule has 4 nitrogen and oxygen atoms in total. The molecule has 0 aromatic heterocycles. The van der Waals surface area contributed by atoms with E-state index < -0.39 is 18.0 Å². The summed E-state index contributed by atoms with van der Waals surface area (Å²) in [6, 6.07) is 5.39. The maximum atomic E-state index is 12.8. The molecule has 2 unspecified atom stereocenters. The summed E-state index contributed by atoms with van der Waals surface area (Å²) in [4.78, 5) is 0. The standard InChI is InChI=1S/C10H11FN2O2/c11-7-2-1-6(5-8(7)13)10(15)9(14)3-4-12/h1-2,5,9-10,14-15H,3,13H2. The highest BCUT2D eigenvalue weighted by Gasteiger charge is 2.18. The van der Waals surface area contributed by atoms with Gasteiger partial charge >= 0.3 is 0 Å². The van der Waals surface area contributed by atoms with E-state index in [9.17, 15) is 14.6 Å². The largest absolute Gasteiger partial charge is 0.396 e. The first-order valence-electron chi connectivity index (χ1n) is 4.34. The molecule has 0 aliphatic carbocycles. The number of benzene rings is 1. The minimum atomic E-state index is -1.23. The summed E-state index contributed by atoms with van der Waals surface area (Å²) in [6.07, 6.45) is -2.62. The molecule has 0 saturated carbocycles. The topological polar surface area (TPSA) is 90.3 Å². The van der Waals surface area contributed by atoms with Crippen LogP contribution in [0.5, 0.6) is 0 Å². The minimum Gasteiger partial charge on any atom is -0.396 e. The van der Waals surface area contributed by atoms with Gasteiger partial charge in [-0.2, -0.15) is 5.26 Å². The summed E-state index contributed by atoms with van der Waals surface area (Å²) >= 11 is 0. The van der Waals surface area contributed by atoms with Crippen molar-refractivity contribution >= 4 is 5.69 Å². The van der Waals surface area contributed by atoms with Crippen molar-refractivity contribution in [1.29, 1.82) is 5.26 Å². The SMILES string of the molecule is N#CCC(O)C(O)c1ccc(F)c(N)c1. The molecule has 4 N–H and O–H groups in total. The molecule has 0 saturated heterocycles. The van der Waals surface area contributed by atoms with Crippen LogP contribution in [0.25, 0.3) is 0 Å². The van der Waals surface area contributed by atoms with Gasteiger partial charge in [-0.05, 0) is 17.7 Å². The van der Waals surface area contributed by atoms with E-state index in [-0.39, 0.29) is 17.7 Å². The molecule has 0 radical (unpaired) electrons. The number of nitrogens with zero attached hydrogens (tertiary/aromatic N) is 1. The summed E-state index contributed by atoms with van der Waals surface area (Å²) in [7, 11) is 0. The van der Waals surface area contributed by atoms with Crippen molar-refractivity contribution in [2.45, 2.75) is 18.6 Å². The molecule has 1 aromatic rings. The molecule has 0 fully saturated rings. The molecule has 1 aromatic carbocycles. The highest BCUT2D eigenvalue weighted by molar-refractivity contribution is 5.43. The van der Waals surface area contributed by atoms with E-state index in [4.69, 9.17) is 11.0 Å². The average molecular weight is 210 g/mol. The van der Waals surface area contributed by atoms with E-state index in [1.807, 2.05) is 0 Å². The van der Waals surface area contributed by atoms with E-state index in [1.54, 1.807) is 6.07 Å². The van der Waals surface area contributed by atoms with Crippen molar-refractivity contribution in [3.63, 3.8) is 0 Å². The van der Waals surface area contributed by atoms with E-state index in [1.165, 1.54) is 12.1 Å². The Morgan fingerprint density at radius 1 is 1.47 bits per heavy atom. The third-order valence-electron chi connectivity index (χ3n) is 2.03. The lowest BCUT2D eigenvalue weighted by atomic mass is 10.0. The predicted molar refractivity (Wildman–Crippen MR) is 52.0 cm³/mol. The lowest BCUT2D eigenvalue weighted by Crippen LogP contribution is -2.17. The van der Waals surface area contributed by atoms with Gasteiger partial charge in [-0.25, -0.2) is 4.39 Å². The van der Waals surface area contributed by atoms with E-state index in [0.717, 1.165) is 6.07 Å². The van der Waals surface area contributed by atoms with Crippen LogP contribution in [0.1, 0.15) is 18.1 Å². The normalized spacial score (nSPS) is 14.3. The van der Waals surface area contributed by atoms with Gasteiger partial charge in [0.05, 0.1) is 24.3 Å². The Morgan fingerprint density at radius 3 is 2.67 bits per heavy atom. The molecule has 2 atom stereocenters. The van der Waals surface area contributed by atoms with Crippen LogP contribution in [0.15, 0.2) is 18.2 Å². The van der Waals surface area contributed by atoms with Gasteiger partial charge in [0.25, 0.3) is 0 Å². The van der Waals surface area contributed by atoms with Crippen molar-refractivity contribution in [2.24, 2.45) is 0 Å². The molecule has 80 valence electrons. The number of aliphatic hydroxyl groups excluding tert-OH is 2. The number of hydrogen-bond donors (Lipinski definition) is 3. The monoisotopic (exact) mass is 210 g/mol. The Bertz CT molecular complexity index is 389. The Morgan fingerprint density at radius 2 is 2.13 bits per heavy atom. The van der Waals surface area contributed by atoms with Gasteiger partial charge in [-0.1, -0.05) is 6.07 Å². The molecule has 15 heavy (non-hydrogen) atoms. The number of nitriles is 1. The number of hydrogen-bond acceptors (Lipinski definition) is 4. The zero-order valence-corrected chi connectivity index (χ0v) is 7.89. The lowest BCUT2D eigenvalue weighted by molar-refractivity contribution is 0.0216. The Labute approximate surface area is 86.4 Å². The number of aliphatic hydroxyl groups is 2. The molecule has 0 bridgehead atoms. The molecular formula is C10H11FN2O2. The summed E-state index contributed by atoms with van der Waals surface area (Å²) in [5.74, 6) is -0.583. The van der Waals surface area contributed by atoms with E-state index in [2.05, 4.69) is 0 Å². The van der Waals surface area contributed by atoms with Gasteiger partial charge in [0.1, 0.15) is 11.9 Å². The van der Waals surface area contributed by atoms with Gasteiger partial charge < -0.3 is 15.9 Å². The highest BCUT2D eigenvalue weighted by atomic mass is 19.1. The second-order valence-electron chi connectivity index (χ2n) is 3.16. The van der Waals surface area contributed by atoms with Crippen LogP contribution in [0.3, 0.4) is 0 Å². The summed E-state index contributed by atoms with van der Waals surface area (Å²) < 4.78 is 12.8. The average Bonchev–Trinajstić information content (AvgIpc) is 2.21. The number of nitrogens with two attached hydrogens (primary N) is 1. The van der Waals surface area contributed by atoms with Gasteiger partial charge in [-0.3, -0.25) is 0 Å². The van der Waals surface area contributed by atoms with Crippen molar-refractivity contribution in [3.8, 4) is 6.07 Å². The third-order valence-corrected chi connectivity index (χ3v) is 2.03. The van der Waals surface area contributed by atoms with Crippen molar-refractivity contribution in [1.82, 2.24) is 0 Å². The van der Waals surface area contributed by atoms with Crippen LogP contribution in [-0.2, 0) is 0 Å². The van der Waals surface area contributed by atoms with Crippen molar-refractivity contribution < 1.29 is 14.6 Å². The quantitative estimate of drug-likeness (QED) is 0.641. The molecule has 5 heteroatoms. The second kappa shape index (κ2) is 4.73. The van der Waals surface area contributed by atoms with Crippen molar-refractivity contribution in [2.75, 3.05) is 5.73 Å². The van der Waals surface area contributed by atoms with Crippen molar-refractivity contribution in [3.05, 3.63) is 29.6 Å². The van der Waals surface area contributed by atoms with Crippen LogP contribution in [0.4, 0.5) is 10.1 Å². The van der Waals surface area contributed by atoms with Gasteiger partial charge in [0.2, 0.25) is 0 Å². The molecular weight excluding hydrogens is 199 g/mol. The van der Waals surface area contributed by atoms with Crippen LogP contribution < -0.4 is 5.73 Å². The smallest absolute Gasteiger partial charge is 0.146 e. The van der Waals surface area contributed by atoms with E-state index >= 15 is 0 Å². The van der Waals surface area contributed by atoms with Gasteiger partial charge in [0.15, 0.2) is 0 Å². The highest BCUT2D eigenvalue weighted by Crippen LogP contribution is 2.22. The first kappa shape index (κ1) is 11.4. The molecule has 0 amide bonds. The fraction of sp³-hybridized carbons (Fsp3) is 0.300. The second-order valence-corrected chi connectivity index (χ2v) is 3.16. The molecule has 0 spiro atoms. The summed E-state index contributed by atoms with van der Waals surface area (Å²) in [5.41, 5.74) is 5.49. The molecule has 0 aliphatic heterocycles. The number of halogens is 1. The fourth-order valence-electron chi connectivity index (χ4n) is 1.17. The zero-order valence-electron chi connectivity index (χ0n) is 7.89. The summed E-state index contributed by atoms with van der Waals surface area (Å²) in [5, 5.41) is 27.2. The molecule has 0 aliphatic rings. The molecule has 1 rings (SSSR count).